The van der Waals surface area contributed by atoms with Crippen LogP contribution < -0.4 is 5.32 Å². The van der Waals surface area contributed by atoms with Gasteiger partial charge in [0.15, 0.2) is 0 Å². The average Bonchev–Trinajstić information content (AvgIpc) is 2.76. The van der Waals surface area contributed by atoms with Gasteiger partial charge in [-0.1, -0.05) is 32.6 Å². The Morgan fingerprint density at radius 3 is 2.75 bits per heavy atom. The molecule has 0 saturated heterocycles. The summed E-state index contributed by atoms with van der Waals surface area (Å²) in [7, 11) is 0. The first-order chi connectivity index (χ1) is 7.83. The lowest BCUT2D eigenvalue weighted by atomic mass is 10.1. The van der Waals surface area contributed by atoms with E-state index in [1.54, 1.807) is 0 Å². The number of aromatic nitrogens is 2. The number of hydrogen-bond donors (Lipinski definition) is 1. The lowest BCUT2D eigenvalue weighted by Crippen LogP contribution is -2.30. The number of imidazole rings is 1. The summed E-state index contributed by atoms with van der Waals surface area (Å²) >= 11 is 0. The predicted octanol–water partition coefficient (Wildman–Crippen LogP) is 2.83. The van der Waals surface area contributed by atoms with Gasteiger partial charge in [-0.15, -0.1) is 0 Å². The molecule has 0 aliphatic carbocycles. The number of nitrogens with zero attached hydrogens (tertiary/aromatic N) is 2. The Bertz CT molecular complexity index is 244. The molecule has 0 amide bonds. The molecule has 1 unspecified atom stereocenters. The fraction of sp³-hybridized carbons (Fsp3) is 0.769. The van der Waals surface area contributed by atoms with Crippen LogP contribution >= 0.6 is 0 Å². The van der Waals surface area contributed by atoms with Gasteiger partial charge in [-0.05, 0) is 19.9 Å². The first kappa shape index (κ1) is 13.2. The number of hydrogen-bond acceptors (Lipinski definition) is 2. The second-order valence-electron chi connectivity index (χ2n) is 4.53. The zero-order valence-electron chi connectivity index (χ0n) is 10.7. The third kappa shape index (κ3) is 5.91. The van der Waals surface area contributed by atoms with Crippen LogP contribution in [-0.2, 0) is 6.54 Å². The molecule has 16 heavy (non-hydrogen) atoms. The van der Waals surface area contributed by atoms with E-state index < -0.39 is 0 Å². The first-order valence-corrected chi connectivity index (χ1v) is 6.52. The summed E-state index contributed by atoms with van der Waals surface area (Å²) in [4.78, 5) is 4.04. The SMILES string of the molecule is CCCCCCCNC(C)Cn1ccnc1. The van der Waals surface area contributed by atoms with Crippen LogP contribution in [0.5, 0.6) is 0 Å². The molecule has 0 radical (unpaired) electrons. The van der Waals surface area contributed by atoms with E-state index >= 15 is 0 Å². The zero-order chi connectivity index (χ0) is 11.6. The molecule has 0 aliphatic rings. The Kier molecular flexibility index (Phi) is 6.90. The fourth-order valence-corrected chi connectivity index (χ4v) is 1.85. The Morgan fingerprint density at radius 1 is 1.25 bits per heavy atom. The normalized spacial score (nSPS) is 12.9. The number of unbranched alkanes of at least 4 members (excludes halogenated alkanes) is 4. The van der Waals surface area contributed by atoms with Gasteiger partial charge >= 0.3 is 0 Å². The quantitative estimate of drug-likeness (QED) is 0.652. The van der Waals surface area contributed by atoms with E-state index in [4.69, 9.17) is 0 Å². The van der Waals surface area contributed by atoms with E-state index in [2.05, 4.69) is 28.7 Å². The van der Waals surface area contributed by atoms with Crippen molar-refractivity contribution in [2.75, 3.05) is 6.54 Å². The van der Waals surface area contributed by atoms with Crippen LogP contribution in [-0.4, -0.2) is 22.1 Å². The minimum absolute atomic E-state index is 0.528. The van der Waals surface area contributed by atoms with Crippen LogP contribution in [0.15, 0.2) is 18.7 Å². The molecule has 1 N–H and O–H groups in total. The standard InChI is InChI=1S/C13H25N3/c1-3-4-5-6-7-8-15-13(2)11-16-10-9-14-12-16/h9-10,12-13,15H,3-8,11H2,1-2H3. The second-order valence-corrected chi connectivity index (χ2v) is 4.53. The largest absolute Gasteiger partial charge is 0.336 e. The highest BCUT2D eigenvalue weighted by Gasteiger charge is 2.00. The fourth-order valence-electron chi connectivity index (χ4n) is 1.85. The van der Waals surface area contributed by atoms with Crippen molar-refractivity contribution in [2.24, 2.45) is 0 Å². The summed E-state index contributed by atoms with van der Waals surface area (Å²) in [5.41, 5.74) is 0. The van der Waals surface area contributed by atoms with Gasteiger partial charge in [0, 0.05) is 25.0 Å². The molecule has 3 nitrogen and oxygen atoms in total. The van der Waals surface area contributed by atoms with Gasteiger partial charge in [-0.25, -0.2) is 4.98 Å². The van der Waals surface area contributed by atoms with Crippen LogP contribution in [0, 0.1) is 0 Å². The Labute approximate surface area is 99.3 Å². The molecule has 3 heteroatoms. The van der Waals surface area contributed by atoms with Gasteiger partial charge in [-0.3, -0.25) is 0 Å². The molecule has 0 saturated carbocycles. The molecule has 0 aromatic carbocycles. The first-order valence-electron chi connectivity index (χ1n) is 6.52. The van der Waals surface area contributed by atoms with E-state index in [9.17, 15) is 0 Å². The topological polar surface area (TPSA) is 29.9 Å². The Hall–Kier alpha value is -0.830. The summed E-state index contributed by atoms with van der Waals surface area (Å²) in [5, 5.41) is 3.55. The van der Waals surface area contributed by atoms with E-state index in [1.165, 1.54) is 32.1 Å². The maximum Gasteiger partial charge on any atom is 0.0946 e. The van der Waals surface area contributed by atoms with E-state index in [0.29, 0.717) is 6.04 Å². The summed E-state index contributed by atoms with van der Waals surface area (Å²) in [6, 6.07) is 0.528. The zero-order valence-corrected chi connectivity index (χ0v) is 10.7. The van der Waals surface area contributed by atoms with Crippen molar-refractivity contribution in [1.29, 1.82) is 0 Å². The van der Waals surface area contributed by atoms with Crippen LogP contribution in [0.3, 0.4) is 0 Å². The number of nitrogens with one attached hydrogen (secondary N) is 1. The highest BCUT2D eigenvalue weighted by Crippen LogP contribution is 2.01. The van der Waals surface area contributed by atoms with Crippen molar-refractivity contribution in [3.63, 3.8) is 0 Å². The van der Waals surface area contributed by atoms with Crippen molar-refractivity contribution in [1.82, 2.24) is 14.9 Å². The van der Waals surface area contributed by atoms with E-state index in [1.807, 2.05) is 18.7 Å². The van der Waals surface area contributed by atoms with Crippen LogP contribution in [0.4, 0.5) is 0 Å². The average molecular weight is 223 g/mol. The highest BCUT2D eigenvalue weighted by atomic mass is 15.1. The maximum atomic E-state index is 4.04. The molecule has 0 aliphatic heterocycles. The second kappa shape index (κ2) is 8.34. The number of rotatable bonds is 9. The maximum absolute atomic E-state index is 4.04. The van der Waals surface area contributed by atoms with Gasteiger partial charge in [-0.2, -0.15) is 0 Å². The third-order valence-corrected chi connectivity index (χ3v) is 2.82. The lowest BCUT2D eigenvalue weighted by Gasteiger charge is -2.14. The van der Waals surface area contributed by atoms with Gasteiger partial charge in [0.25, 0.3) is 0 Å². The van der Waals surface area contributed by atoms with Crippen LogP contribution in [0.25, 0.3) is 0 Å². The van der Waals surface area contributed by atoms with E-state index in [-0.39, 0.29) is 0 Å². The molecule has 0 fully saturated rings. The molecular weight excluding hydrogens is 198 g/mol. The molecule has 92 valence electrons. The molecule has 1 atom stereocenters. The van der Waals surface area contributed by atoms with Gasteiger partial charge < -0.3 is 9.88 Å². The van der Waals surface area contributed by atoms with Crippen molar-refractivity contribution < 1.29 is 0 Å². The molecule has 1 rings (SSSR count). The minimum Gasteiger partial charge on any atom is -0.336 e. The molecule has 1 heterocycles. The molecule has 0 bridgehead atoms. The minimum atomic E-state index is 0.528. The molecule has 0 spiro atoms. The van der Waals surface area contributed by atoms with Gasteiger partial charge in [0.1, 0.15) is 0 Å². The van der Waals surface area contributed by atoms with Crippen LogP contribution in [0.2, 0.25) is 0 Å². The van der Waals surface area contributed by atoms with Crippen molar-refractivity contribution in [3.05, 3.63) is 18.7 Å². The van der Waals surface area contributed by atoms with E-state index in [0.717, 1.165) is 13.1 Å². The molecule has 1 aromatic heterocycles. The summed E-state index contributed by atoms with van der Waals surface area (Å²) < 4.78 is 2.12. The summed E-state index contributed by atoms with van der Waals surface area (Å²) in [6.45, 7) is 6.63. The third-order valence-electron chi connectivity index (χ3n) is 2.82. The Balaban J connectivity index is 1.96. The Morgan fingerprint density at radius 2 is 2.06 bits per heavy atom. The lowest BCUT2D eigenvalue weighted by molar-refractivity contribution is 0.463. The summed E-state index contributed by atoms with van der Waals surface area (Å²) in [6.07, 6.45) is 12.5. The highest BCUT2D eigenvalue weighted by molar-refractivity contribution is 4.76. The van der Waals surface area contributed by atoms with Crippen molar-refractivity contribution >= 4 is 0 Å². The van der Waals surface area contributed by atoms with Crippen molar-refractivity contribution in [2.45, 2.75) is 58.5 Å². The predicted molar refractivity (Wildman–Crippen MR) is 68.5 cm³/mol. The molecular formula is C13H25N3. The summed E-state index contributed by atoms with van der Waals surface area (Å²) in [5.74, 6) is 0. The van der Waals surface area contributed by atoms with Crippen molar-refractivity contribution in [3.8, 4) is 0 Å². The molecule has 1 aromatic rings. The van der Waals surface area contributed by atoms with Gasteiger partial charge in [0.05, 0.1) is 6.33 Å². The van der Waals surface area contributed by atoms with Crippen LogP contribution in [0.1, 0.15) is 46.0 Å². The smallest absolute Gasteiger partial charge is 0.0946 e. The monoisotopic (exact) mass is 223 g/mol. The van der Waals surface area contributed by atoms with Gasteiger partial charge in [0.2, 0.25) is 0 Å².